The number of rotatable bonds is 5. The molecule has 6 heteroatoms. The lowest BCUT2D eigenvalue weighted by Crippen LogP contribution is -2.39. The predicted molar refractivity (Wildman–Crippen MR) is 88.0 cm³/mol. The van der Waals surface area contributed by atoms with E-state index in [0.29, 0.717) is 12.6 Å². The number of hydrogen-bond donors (Lipinski definition) is 2. The zero-order valence-corrected chi connectivity index (χ0v) is 14.2. The van der Waals surface area contributed by atoms with Crippen LogP contribution in [-0.2, 0) is 4.74 Å². The number of carbonyl (C=O) groups is 1. The van der Waals surface area contributed by atoms with Gasteiger partial charge in [0.25, 0.3) is 0 Å². The Morgan fingerprint density at radius 3 is 2.50 bits per heavy atom. The minimum absolute atomic E-state index is 0.103. The van der Waals surface area contributed by atoms with Crippen molar-refractivity contribution < 1.29 is 9.53 Å². The van der Waals surface area contributed by atoms with Crippen LogP contribution in [0.5, 0.6) is 0 Å². The highest BCUT2D eigenvalue weighted by molar-refractivity contribution is 14.1. The van der Waals surface area contributed by atoms with E-state index in [1.165, 1.54) is 32.4 Å². The van der Waals surface area contributed by atoms with Crippen LogP contribution in [0.15, 0.2) is 0 Å². The summed E-state index contributed by atoms with van der Waals surface area (Å²) < 4.78 is 8.73. The van der Waals surface area contributed by atoms with Gasteiger partial charge >= 0.3 is 6.09 Å². The molecule has 2 rings (SSSR count). The average molecular weight is 395 g/mol. The third-order valence-electron chi connectivity index (χ3n) is 4.25. The second-order valence-electron chi connectivity index (χ2n) is 5.82. The quantitative estimate of drug-likeness (QED) is 0.555. The first-order chi connectivity index (χ1) is 9.78. The SMILES string of the molecule is O=C(NCCN1CCCCC1)O[C@H]1CC[C@H](NI)CC1. The minimum atomic E-state index is -0.243. The predicted octanol–water partition coefficient (Wildman–Crippen LogP) is 2.45. The molecule has 0 aromatic heterocycles. The van der Waals surface area contributed by atoms with Crippen LogP contribution < -0.4 is 8.85 Å². The van der Waals surface area contributed by atoms with Crippen molar-refractivity contribution in [1.29, 1.82) is 0 Å². The Balaban J connectivity index is 1.54. The Labute approximate surface area is 135 Å². The van der Waals surface area contributed by atoms with E-state index >= 15 is 0 Å². The van der Waals surface area contributed by atoms with Crippen LogP contribution in [-0.4, -0.2) is 49.3 Å². The standard InChI is InChI=1S/C14H26IN3O2/c15-17-12-4-6-13(7-5-12)20-14(19)16-8-11-18-9-2-1-3-10-18/h12-13,17H,1-11H2,(H,16,19)/t12-,13-. The van der Waals surface area contributed by atoms with Gasteiger partial charge in [-0.05, 0) is 51.6 Å². The van der Waals surface area contributed by atoms with Gasteiger partial charge in [-0.1, -0.05) is 6.42 Å². The summed E-state index contributed by atoms with van der Waals surface area (Å²) in [6, 6.07) is 0.581. The van der Waals surface area contributed by atoms with Crippen LogP contribution in [0.3, 0.4) is 0 Å². The maximum Gasteiger partial charge on any atom is 0.407 e. The fraction of sp³-hybridized carbons (Fsp3) is 0.929. The minimum Gasteiger partial charge on any atom is -0.446 e. The van der Waals surface area contributed by atoms with Gasteiger partial charge < -0.3 is 15.0 Å². The summed E-state index contributed by atoms with van der Waals surface area (Å²) in [5, 5.41) is 2.88. The van der Waals surface area contributed by atoms with Crippen LogP contribution in [0.2, 0.25) is 0 Å². The Morgan fingerprint density at radius 1 is 1.15 bits per heavy atom. The topological polar surface area (TPSA) is 53.6 Å². The summed E-state index contributed by atoms with van der Waals surface area (Å²) in [5.74, 6) is 0. The van der Waals surface area contributed by atoms with Gasteiger partial charge in [0.05, 0.1) is 0 Å². The Kier molecular flexibility index (Phi) is 7.37. The third-order valence-corrected chi connectivity index (χ3v) is 5.13. The van der Waals surface area contributed by atoms with Gasteiger partial charge in [0, 0.05) is 42.0 Å². The highest BCUT2D eigenvalue weighted by Gasteiger charge is 2.23. The molecule has 1 saturated carbocycles. The zero-order valence-electron chi connectivity index (χ0n) is 12.1. The molecular formula is C14H26IN3O2. The second kappa shape index (κ2) is 9.04. The van der Waals surface area contributed by atoms with Gasteiger partial charge in [-0.15, -0.1) is 0 Å². The first-order valence-electron chi connectivity index (χ1n) is 7.81. The Morgan fingerprint density at radius 2 is 1.85 bits per heavy atom. The molecule has 0 bridgehead atoms. The van der Waals surface area contributed by atoms with Gasteiger partial charge in [-0.3, -0.25) is 3.53 Å². The number of alkyl carbamates (subject to hydrolysis) is 1. The van der Waals surface area contributed by atoms with Crippen molar-refractivity contribution >= 4 is 29.0 Å². The molecule has 20 heavy (non-hydrogen) atoms. The average Bonchev–Trinajstić information content (AvgIpc) is 2.49. The molecule has 2 fully saturated rings. The molecule has 1 heterocycles. The Hall–Kier alpha value is -0.0800. The van der Waals surface area contributed by atoms with Crippen molar-refractivity contribution in [3.63, 3.8) is 0 Å². The molecule has 0 aromatic rings. The second-order valence-corrected chi connectivity index (χ2v) is 6.44. The van der Waals surface area contributed by atoms with Gasteiger partial charge in [0.2, 0.25) is 0 Å². The van der Waals surface area contributed by atoms with E-state index in [-0.39, 0.29) is 12.2 Å². The summed E-state index contributed by atoms with van der Waals surface area (Å²) in [6.45, 7) is 3.98. The van der Waals surface area contributed by atoms with Crippen LogP contribution in [0, 0.1) is 0 Å². The van der Waals surface area contributed by atoms with Crippen molar-refractivity contribution in [2.75, 3.05) is 26.2 Å². The van der Waals surface area contributed by atoms with Crippen molar-refractivity contribution in [3.8, 4) is 0 Å². The number of amides is 1. The lowest BCUT2D eigenvalue weighted by molar-refractivity contribution is 0.0704. The van der Waals surface area contributed by atoms with Crippen LogP contribution >= 0.6 is 22.9 Å². The van der Waals surface area contributed by atoms with Crippen LogP contribution in [0.1, 0.15) is 44.9 Å². The summed E-state index contributed by atoms with van der Waals surface area (Å²) in [5.41, 5.74) is 0. The zero-order chi connectivity index (χ0) is 14.2. The molecule has 0 atom stereocenters. The van der Waals surface area contributed by atoms with Crippen molar-refractivity contribution in [3.05, 3.63) is 0 Å². The molecule has 2 aliphatic rings. The van der Waals surface area contributed by atoms with E-state index in [0.717, 1.165) is 32.2 Å². The molecule has 1 saturated heterocycles. The molecule has 1 amide bonds. The fourth-order valence-electron chi connectivity index (χ4n) is 2.98. The maximum absolute atomic E-state index is 11.7. The molecule has 0 aromatic carbocycles. The summed E-state index contributed by atoms with van der Waals surface area (Å²) >= 11 is 2.20. The molecule has 0 spiro atoms. The van der Waals surface area contributed by atoms with E-state index in [1.54, 1.807) is 0 Å². The van der Waals surface area contributed by atoms with Gasteiger partial charge in [-0.2, -0.15) is 0 Å². The number of ether oxygens (including phenoxy) is 1. The summed E-state index contributed by atoms with van der Waals surface area (Å²) in [7, 11) is 0. The number of nitrogens with one attached hydrogen (secondary N) is 2. The van der Waals surface area contributed by atoms with E-state index in [1.807, 2.05) is 0 Å². The normalized spacial score (nSPS) is 28.1. The van der Waals surface area contributed by atoms with Crippen LogP contribution in [0.25, 0.3) is 0 Å². The fourth-order valence-corrected chi connectivity index (χ4v) is 3.60. The number of carbonyl (C=O) groups excluding carboxylic acids is 1. The summed E-state index contributed by atoms with van der Waals surface area (Å²) in [6.07, 6.45) is 7.92. The lowest BCUT2D eigenvalue weighted by Gasteiger charge is -2.28. The molecule has 1 aliphatic carbocycles. The number of halogens is 1. The van der Waals surface area contributed by atoms with Crippen molar-refractivity contribution in [1.82, 2.24) is 13.7 Å². The molecule has 116 valence electrons. The van der Waals surface area contributed by atoms with E-state index in [9.17, 15) is 4.79 Å². The van der Waals surface area contributed by atoms with Crippen molar-refractivity contribution in [2.45, 2.75) is 57.1 Å². The van der Waals surface area contributed by atoms with E-state index in [2.05, 4.69) is 36.6 Å². The monoisotopic (exact) mass is 395 g/mol. The first-order valence-corrected chi connectivity index (χ1v) is 8.89. The third kappa shape index (κ3) is 5.73. The lowest BCUT2D eigenvalue weighted by atomic mass is 9.94. The number of likely N-dealkylation sites (tertiary alicyclic amines) is 1. The Bertz CT molecular complexity index is 290. The molecular weight excluding hydrogens is 369 g/mol. The highest BCUT2D eigenvalue weighted by Crippen LogP contribution is 2.21. The van der Waals surface area contributed by atoms with Gasteiger partial charge in [-0.25, -0.2) is 4.79 Å². The molecule has 0 unspecified atom stereocenters. The maximum atomic E-state index is 11.7. The van der Waals surface area contributed by atoms with Crippen molar-refractivity contribution in [2.24, 2.45) is 0 Å². The van der Waals surface area contributed by atoms with Gasteiger partial charge in [0.15, 0.2) is 0 Å². The smallest absolute Gasteiger partial charge is 0.407 e. The van der Waals surface area contributed by atoms with E-state index in [4.69, 9.17) is 4.74 Å². The highest BCUT2D eigenvalue weighted by atomic mass is 127. The number of piperidine rings is 1. The summed E-state index contributed by atoms with van der Waals surface area (Å²) in [4.78, 5) is 14.2. The molecule has 2 N–H and O–H groups in total. The van der Waals surface area contributed by atoms with Gasteiger partial charge in [0.1, 0.15) is 6.10 Å². The van der Waals surface area contributed by atoms with Crippen LogP contribution in [0.4, 0.5) is 4.79 Å². The largest absolute Gasteiger partial charge is 0.446 e. The molecule has 1 aliphatic heterocycles. The molecule has 0 radical (unpaired) electrons. The number of nitrogens with zero attached hydrogens (tertiary/aromatic N) is 1. The number of hydrogen-bond acceptors (Lipinski definition) is 4. The van der Waals surface area contributed by atoms with E-state index < -0.39 is 0 Å². The molecule has 5 nitrogen and oxygen atoms in total. The first kappa shape index (κ1) is 16.3.